The number of hydrogen-bond donors (Lipinski definition) is 1. The van der Waals surface area contributed by atoms with Crippen molar-refractivity contribution in [1.82, 2.24) is 9.88 Å². The number of carboxylic acids is 1. The quantitative estimate of drug-likeness (QED) is 0.870. The Kier molecular flexibility index (Phi) is 3.73. The number of aromatic nitrogens is 1. The highest BCUT2D eigenvalue weighted by Crippen LogP contribution is 2.19. The number of thiazole rings is 1. The number of likely N-dealkylation sites (tertiary alicyclic amines) is 1. The SMILES string of the molecule is O=C(O)C1CCCCCN1C(=O)c1cscn1. The normalized spacial score (nSPS) is 20.9. The van der Waals surface area contributed by atoms with Gasteiger partial charge in [-0.15, -0.1) is 11.3 Å². The van der Waals surface area contributed by atoms with Gasteiger partial charge in [0.15, 0.2) is 0 Å². The van der Waals surface area contributed by atoms with Crippen molar-refractivity contribution in [3.05, 3.63) is 16.6 Å². The third-order valence-electron chi connectivity index (χ3n) is 2.95. The van der Waals surface area contributed by atoms with Gasteiger partial charge in [-0.3, -0.25) is 4.79 Å². The number of carbonyl (C=O) groups excluding carboxylic acids is 1. The molecule has 1 N–H and O–H groups in total. The van der Waals surface area contributed by atoms with Crippen molar-refractivity contribution in [2.24, 2.45) is 0 Å². The third-order valence-corrected chi connectivity index (χ3v) is 3.54. The van der Waals surface area contributed by atoms with Crippen molar-refractivity contribution in [3.63, 3.8) is 0 Å². The first-order valence-electron chi connectivity index (χ1n) is 5.62. The lowest BCUT2D eigenvalue weighted by atomic mass is 10.1. The Morgan fingerprint density at radius 1 is 1.41 bits per heavy atom. The van der Waals surface area contributed by atoms with E-state index in [1.807, 2.05) is 0 Å². The van der Waals surface area contributed by atoms with Gasteiger partial charge < -0.3 is 10.0 Å². The zero-order valence-corrected chi connectivity index (χ0v) is 10.2. The van der Waals surface area contributed by atoms with Gasteiger partial charge in [0.2, 0.25) is 0 Å². The molecule has 1 amide bonds. The predicted molar refractivity (Wildman–Crippen MR) is 63.0 cm³/mol. The first-order valence-corrected chi connectivity index (χ1v) is 6.56. The minimum absolute atomic E-state index is 0.263. The Morgan fingerprint density at radius 3 is 2.88 bits per heavy atom. The Bertz CT molecular complexity index is 405. The molecule has 0 radical (unpaired) electrons. The second kappa shape index (κ2) is 5.27. The van der Waals surface area contributed by atoms with Crippen molar-refractivity contribution in [1.29, 1.82) is 0 Å². The average molecular weight is 254 g/mol. The number of hydrogen-bond acceptors (Lipinski definition) is 4. The second-order valence-electron chi connectivity index (χ2n) is 4.08. The number of rotatable bonds is 2. The van der Waals surface area contributed by atoms with Crippen molar-refractivity contribution >= 4 is 23.2 Å². The Morgan fingerprint density at radius 2 is 2.24 bits per heavy atom. The molecule has 0 aromatic carbocycles. The van der Waals surface area contributed by atoms with Crippen LogP contribution in [0, 0.1) is 0 Å². The number of carbonyl (C=O) groups is 2. The summed E-state index contributed by atoms with van der Waals surface area (Å²) < 4.78 is 0. The van der Waals surface area contributed by atoms with Crippen LogP contribution in [-0.4, -0.2) is 39.5 Å². The van der Waals surface area contributed by atoms with Crippen LogP contribution in [0.1, 0.15) is 36.2 Å². The van der Waals surface area contributed by atoms with E-state index in [4.69, 9.17) is 5.11 Å². The van der Waals surface area contributed by atoms with E-state index in [0.717, 1.165) is 19.3 Å². The number of carboxylic acid groups (broad SMARTS) is 1. The molecular formula is C11H14N2O3S. The van der Waals surface area contributed by atoms with Gasteiger partial charge in [0.1, 0.15) is 11.7 Å². The monoisotopic (exact) mass is 254 g/mol. The summed E-state index contributed by atoms with van der Waals surface area (Å²) in [5.41, 5.74) is 1.93. The largest absolute Gasteiger partial charge is 0.480 e. The standard InChI is InChI=1S/C11H14N2O3S/c14-10(8-6-17-7-12-8)13-5-3-1-2-4-9(13)11(15)16/h6-7,9H,1-5H2,(H,15,16). The first-order chi connectivity index (χ1) is 8.20. The van der Waals surface area contributed by atoms with Crippen molar-refractivity contribution < 1.29 is 14.7 Å². The number of amides is 1. The van der Waals surface area contributed by atoms with E-state index >= 15 is 0 Å². The van der Waals surface area contributed by atoms with Crippen LogP contribution in [0.15, 0.2) is 10.9 Å². The van der Waals surface area contributed by atoms with E-state index in [2.05, 4.69) is 4.98 Å². The molecule has 0 bridgehead atoms. The maximum absolute atomic E-state index is 12.1. The van der Waals surface area contributed by atoms with Crippen molar-refractivity contribution in [2.45, 2.75) is 31.7 Å². The van der Waals surface area contributed by atoms with E-state index in [1.54, 1.807) is 10.9 Å². The molecule has 1 aliphatic rings. The minimum atomic E-state index is -0.921. The van der Waals surface area contributed by atoms with Crippen LogP contribution < -0.4 is 0 Å². The van der Waals surface area contributed by atoms with Crippen LogP contribution in [0.5, 0.6) is 0 Å². The van der Waals surface area contributed by atoms with Gasteiger partial charge in [0.25, 0.3) is 5.91 Å². The molecule has 5 nitrogen and oxygen atoms in total. The molecule has 1 unspecified atom stereocenters. The van der Waals surface area contributed by atoms with Gasteiger partial charge in [0, 0.05) is 11.9 Å². The number of nitrogens with zero attached hydrogens (tertiary/aromatic N) is 2. The van der Waals surface area contributed by atoms with Gasteiger partial charge in [-0.1, -0.05) is 12.8 Å². The summed E-state index contributed by atoms with van der Waals surface area (Å²) in [5, 5.41) is 10.8. The Labute approximate surface area is 103 Å². The van der Waals surface area contributed by atoms with Crippen molar-refractivity contribution in [2.75, 3.05) is 6.54 Å². The van der Waals surface area contributed by atoms with Crippen LogP contribution in [0.25, 0.3) is 0 Å². The molecule has 1 saturated heterocycles. The highest BCUT2D eigenvalue weighted by Gasteiger charge is 2.31. The zero-order chi connectivity index (χ0) is 12.3. The van der Waals surface area contributed by atoms with Gasteiger partial charge >= 0.3 is 5.97 Å². The minimum Gasteiger partial charge on any atom is -0.480 e. The van der Waals surface area contributed by atoms with Crippen molar-refractivity contribution in [3.8, 4) is 0 Å². The van der Waals surface area contributed by atoms with E-state index in [9.17, 15) is 9.59 Å². The fraction of sp³-hybridized carbons (Fsp3) is 0.545. The maximum Gasteiger partial charge on any atom is 0.326 e. The molecule has 2 rings (SSSR count). The van der Waals surface area contributed by atoms with E-state index < -0.39 is 12.0 Å². The topological polar surface area (TPSA) is 70.5 Å². The summed E-state index contributed by atoms with van der Waals surface area (Å²) in [4.78, 5) is 28.7. The molecule has 0 aliphatic carbocycles. The van der Waals surface area contributed by atoms with Crippen LogP contribution >= 0.6 is 11.3 Å². The fourth-order valence-electron chi connectivity index (χ4n) is 2.07. The summed E-state index contributed by atoms with van der Waals surface area (Å²) in [6, 6.07) is -0.702. The molecular weight excluding hydrogens is 240 g/mol. The molecule has 1 aromatic rings. The highest BCUT2D eigenvalue weighted by atomic mass is 32.1. The Hall–Kier alpha value is -1.43. The molecule has 1 aliphatic heterocycles. The summed E-state index contributed by atoms with van der Waals surface area (Å²) in [5.74, 6) is -1.18. The second-order valence-corrected chi connectivity index (χ2v) is 4.79. The maximum atomic E-state index is 12.1. The van der Waals surface area contributed by atoms with Crippen LogP contribution in [0.3, 0.4) is 0 Å². The first kappa shape index (κ1) is 12.0. The van der Waals surface area contributed by atoms with Gasteiger partial charge in [-0.2, -0.15) is 0 Å². The van der Waals surface area contributed by atoms with Gasteiger partial charge in [-0.25, -0.2) is 9.78 Å². The molecule has 17 heavy (non-hydrogen) atoms. The number of aliphatic carboxylic acids is 1. The summed E-state index contributed by atoms with van der Waals surface area (Å²) in [6.45, 7) is 0.507. The highest BCUT2D eigenvalue weighted by molar-refractivity contribution is 7.07. The molecule has 0 saturated carbocycles. The summed E-state index contributed by atoms with van der Waals surface area (Å²) in [6.07, 6.45) is 3.23. The third kappa shape index (κ3) is 2.63. The van der Waals surface area contributed by atoms with E-state index in [0.29, 0.717) is 18.7 Å². The van der Waals surface area contributed by atoms with Crippen LogP contribution in [0.2, 0.25) is 0 Å². The molecule has 0 spiro atoms. The average Bonchev–Trinajstić information content (AvgIpc) is 2.71. The lowest BCUT2D eigenvalue weighted by molar-refractivity contribution is -0.142. The van der Waals surface area contributed by atoms with E-state index in [1.165, 1.54) is 16.2 Å². The van der Waals surface area contributed by atoms with Crippen LogP contribution in [-0.2, 0) is 4.79 Å². The molecule has 6 heteroatoms. The zero-order valence-electron chi connectivity index (χ0n) is 9.33. The molecule has 2 heterocycles. The predicted octanol–water partition coefficient (Wildman–Crippen LogP) is 1.61. The molecule has 1 atom stereocenters. The molecule has 1 aromatic heterocycles. The molecule has 92 valence electrons. The van der Waals surface area contributed by atoms with Gasteiger partial charge in [0.05, 0.1) is 5.51 Å². The van der Waals surface area contributed by atoms with Crippen LogP contribution in [0.4, 0.5) is 0 Å². The lowest BCUT2D eigenvalue weighted by Crippen LogP contribution is -2.44. The summed E-state index contributed by atoms with van der Waals surface area (Å²) >= 11 is 1.34. The smallest absolute Gasteiger partial charge is 0.326 e. The fourth-order valence-corrected chi connectivity index (χ4v) is 2.60. The van der Waals surface area contributed by atoms with E-state index in [-0.39, 0.29) is 5.91 Å². The van der Waals surface area contributed by atoms with Gasteiger partial charge in [-0.05, 0) is 12.8 Å². The molecule has 1 fully saturated rings. The summed E-state index contributed by atoms with van der Waals surface area (Å²) in [7, 11) is 0. The Balaban J connectivity index is 2.20. The lowest BCUT2D eigenvalue weighted by Gasteiger charge is -2.26.